The van der Waals surface area contributed by atoms with Gasteiger partial charge in [-0.1, -0.05) is 17.7 Å². The molecule has 4 nitrogen and oxygen atoms in total. The SMILES string of the molecule is O=C=NCc1ccc(OC2CCOC2)c(Cl)c1. The fraction of sp³-hybridized carbons (Fsp3) is 0.417. The highest BCUT2D eigenvalue weighted by Gasteiger charge is 2.18. The zero-order chi connectivity index (χ0) is 12.1. The molecule has 2 rings (SSSR count). The molecular weight excluding hydrogens is 242 g/mol. The van der Waals surface area contributed by atoms with Crippen LogP contribution in [0.5, 0.6) is 5.75 Å². The number of halogens is 1. The lowest BCUT2D eigenvalue weighted by Crippen LogP contribution is -2.15. The van der Waals surface area contributed by atoms with Crippen LogP contribution in [0.15, 0.2) is 23.2 Å². The Kier molecular flexibility index (Phi) is 4.15. The van der Waals surface area contributed by atoms with Crippen LogP contribution in [0.4, 0.5) is 0 Å². The minimum Gasteiger partial charge on any atom is -0.486 e. The molecule has 1 atom stereocenters. The van der Waals surface area contributed by atoms with Crippen molar-refractivity contribution in [2.24, 2.45) is 4.99 Å². The first-order valence-corrected chi connectivity index (χ1v) is 5.74. The molecule has 0 aromatic heterocycles. The largest absolute Gasteiger partial charge is 0.486 e. The molecule has 1 saturated heterocycles. The molecule has 1 aromatic carbocycles. The van der Waals surface area contributed by atoms with E-state index in [9.17, 15) is 4.79 Å². The highest BCUT2D eigenvalue weighted by atomic mass is 35.5. The summed E-state index contributed by atoms with van der Waals surface area (Å²) in [7, 11) is 0. The van der Waals surface area contributed by atoms with Crippen molar-refractivity contribution in [2.45, 2.75) is 19.1 Å². The molecule has 1 aliphatic heterocycles. The summed E-state index contributed by atoms with van der Waals surface area (Å²) < 4.78 is 10.9. The number of rotatable bonds is 4. The van der Waals surface area contributed by atoms with Crippen molar-refractivity contribution in [3.8, 4) is 5.75 Å². The Balaban J connectivity index is 2.05. The molecule has 1 fully saturated rings. The predicted molar refractivity (Wildman–Crippen MR) is 63.1 cm³/mol. The summed E-state index contributed by atoms with van der Waals surface area (Å²) in [6, 6.07) is 5.36. The number of ether oxygens (including phenoxy) is 2. The standard InChI is InChI=1S/C12H12ClNO3/c13-11-5-9(6-14-8-15)1-2-12(11)17-10-3-4-16-7-10/h1-2,5,10H,3-4,6-7H2. The number of benzene rings is 1. The Bertz CT molecular complexity index is 437. The quantitative estimate of drug-likeness (QED) is 0.611. The van der Waals surface area contributed by atoms with Crippen LogP contribution in [0.2, 0.25) is 5.02 Å². The molecule has 5 heteroatoms. The topological polar surface area (TPSA) is 47.9 Å². The number of aliphatic imine (C=N–C) groups is 1. The van der Waals surface area contributed by atoms with Gasteiger partial charge in [0, 0.05) is 6.42 Å². The lowest BCUT2D eigenvalue weighted by Gasteiger charge is -2.13. The van der Waals surface area contributed by atoms with Crippen LogP contribution >= 0.6 is 11.6 Å². The molecule has 0 N–H and O–H groups in total. The zero-order valence-electron chi connectivity index (χ0n) is 9.19. The van der Waals surface area contributed by atoms with E-state index in [0.717, 1.165) is 18.6 Å². The van der Waals surface area contributed by atoms with E-state index in [2.05, 4.69) is 4.99 Å². The van der Waals surface area contributed by atoms with E-state index in [-0.39, 0.29) is 12.6 Å². The zero-order valence-corrected chi connectivity index (χ0v) is 9.94. The number of carbonyl (C=O) groups excluding carboxylic acids is 1. The average Bonchev–Trinajstić information content (AvgIpc) is 2.82. The molecule has 0 amide bonds. The van der Waals surface area contributed by atoms with Crippen molar-refractivity contribution in [3.63, 3.8) is 0 Å². The molecule has 0 aliphatic carbocycles. The smallest absolute Gasteiger partial charge is 0.235 e. The van der Waals surface area contributed by atoms with Gasteiger partial charge in [-0.2, -0.15) is 0 Å². The second-order valence-electron chi connectivity index (χ2n) is 3.78. The van der Waals surface area contributed by atoms with Crippen LogP contribution in [0.3, 0.4) is 0 Å². The first kappa shape index (κ1) is 12.1. The Morgan fingerprint density at radius 1 is 1.59 bits per heavy atom. The Morgan fingerprint density at radius 2 is 2.47 bits per heavy atom. The van der Waals surface area contributed by atoms with Gasteiger partial charge in [-0.05, 0) is 17.7 Å². The van der Waals surface area contributed by atoms with Crippen LogP contribution in [0, 0.1) is 0 Å². The van der Waals surface area contributed by atoms with Crippen molar-refractivity contribution in [2.75, 3.05) is 13.2 Å². The molecule has 0 saturated carbocycles. The number of hydrogen-bond acceptors (Lipinski definition) is 4. The molecule has 1 unspecified atom stereocenters. The summed E-state index contributed by atoms with van der Waals surface area (Å²) in [4.78, 5) is 13.5. The van der Waals surface area contributed by atoms with E-state index in [0.29, 0.717) is 17.4 Å². The predicted octanol–water partition coefficient (Wildman–Crippen LogP) is 2.34. The molecular formula is C12H12ClNO3. The summed E-state index contributed by atoms with van der Waals surface area (Å²) in [6.07, 6.45) is 2.45. The first-order chi connectivity index (χ1) is 8.29. The molecule has 90 valence electrons. The lowest BCUT2D eigenvalue weighted by atomic mass is 10.2. The lowest BCUT2D eigenvalue weighted by molar-refractivity contribution is 0.141. The van der Waals surface area contributed by atoms with E-state index in [1.807, 2.05) is 6.07 Å². The summed E-state index contributed by atoms with van der Waals surface area (Å²) in [5, 5.41) is 0.524. The summed E-state index contributed by atoms with van der Waals surface area (Å²) in [5.41, 5.74) is 0.855. The van der Waals surface area contributed by atoms with E-state index in [1.165, 1.54) is 6.08 Å². The van der Waals surface area contributed by atoms with Crippen molar-refractivity contribution in [1.82, 2.24) is 0 Å². The molecule has 0 spiro atoms. The van der Waals surface area contributed by atoms with Crippen LogP contribution < -0.4 is 4.74 Å². The molecule has 1 heterocycles. The van der Waals surface area contributed by atoms with E-state index >= 15 is 0 Å². The van der Waals surface area contributed by atoms with Gasteiger partial charge in [0.2, 0.25) is 6.08 Å². The third kappa shape index (κ3) is 3.30. The Hall–Kier alpha value is -1.35. The minimum absolute atomic E-state index is 0.0753. The molecule has 17 heavy (non-hydrogen) atoms. The molecule has 1 aromatic rings. The summed E-state index contributed by atoms with van der Waals surface area (Å²) in [6.45, 7) is 1.62. The van der Waals surface area contributed by atoms with Crippen molar-refractivity contribution < 1.29 is 14.3 Å². The highest BCUT2D eigenvalue weighted by molar-refractivity contribution is 6.32. The average molecular weight is 254 g/mol. The van der Waals surface area contributed by atoms with Crippen LogP contribution in [0.25, 0.3) is 0 Å². The van der Waals surface area contributed by atoms with Gasteiger partial charge in [0.05, 0.1) is 24.8 Å². The maximum absolute atomic E-state index is 10.00. The van der Waals surface area contributed by atoms with Gasteiger partial charge in [0.15, 0.2) is 0 Å². The van der Waals surface area contributed by atoms with Crippen molar-refractivity contribution in [3.05, 3.63) is 28.8 Å². The van der Waals surface area contributed by atoms with Gasteiger partial charge in [0.25, 0.3) is 0 Å². The highest BCUT2D eigenvalue weighted by Crippen LogP contribution is 2.28. The maximum atomic E-state index is 10.00. The van der Waals surface area contributed by atoms with Gasteiger partial charge < -0.3 is 9.47 Å². The van der Waals surface area contributed by atoms with E-state index in [1.54, 1.807) is 12.1 Å². The normalized spacial score (nSPS) is 18.8. The Morgan fingerprint density at radius 3 is 3.12 bits per heavy atom. The third-order valence-corrected chi connectivity index (χ3v) is 2.80. The number of isocyanates is 1. The monoisotopic (exact) mass is 253 g/mol. The van der Waals surface area contributed by atoms with E-state index in [4.69, 9.17) is 21.1 Å². The fourth-order valence-electron chi connectivity index (χ4n) is 1.65. The molecule has 0 bridgehead atoms. The van der Waals surface area contributed by atoms with Gasteiger partial charge in [0.1, 0.15) is 11.9 Å². The second-order valence-corrected chi connectivity index (χ2v) is 4.18. The van der Waals surface area contributed by atoms with Crippen LogP contribution in [-0.2, 0) is 16.1 Å². The van der Waals surface area contributed by atoms with Gasteiger partial charge >= 0.3 is 0 Å². The van der Waals surface area contributed by atoms with Gasteiger partial charge in [-0.25, -0.2) is 9.79 Å². The first-order valence-electron chi connectivity index (χ1n) is 5.36. The molecule has 1 aliphatic rings. The van der Waals surface area contributed by atoms with Crippen LogP contribution in [-0.4, -0.2) is 25.4 Å². The fourth-order valence-corrected chi connectivity index (χ4v) is 1.89. The van der Waals surface area contributed by atoms with Crippen LogP contribution in [0.1, 0.15) is 12.0 Å². The number of hydrogen-bond donors (Lipinski definition) is 0. The number of nitrogens with zero attached hydrogens (tertiary/aromatic N) is 1. The summed E-state index contributed by atoms with van der Waals surface area (Å²) >= 11 is 6.08. The van der Waals surface area contributed by atoms with Gasteiger partial charge in [-0.3, -0.25) is 0 Å². The summed E-state index contributed by atoms with van der Waals surface area (Å²) in [5.74, 6) is 0.640. The molecule has 0 radical (unpaired) electrons. The third-order valence-electron chi connectivity index (χ3n) is 2.50. The second kappa shape index (κ2) is 5.82. The van der Waals surface area contributed by atoms with Crippen molar-refractivity contribution in [1.29, 1.82) is 0 Å². The minimum atomic E-state index is 0.0753. The maximum Gasteiger partial charge on any atom is 0.235 e. The Labute approximate surface area is 104 Å². The van der Waals surface area contributed by atoms with Gasteiger partial charge in [-0.15, -0.1) is 0 Å². The van der Waals surface area contributed by atoms with Crippen molar-refractivity contribution >= 4 is 17.7 Å². The van der Waals surface area contributed by atoms with E-state index < -0.39 is 0 Å².